The van der Waals surface area contributed by atoms with Crippen molar-refractivity contribution in [2.75, 3.05) is 6.61 Å². The van der Waals surface area contributed by atoms with Gasteiger partial charge in [-0.05, 0) is 6.92 Å². The van der Waals surface area contributed by atoms with Gasteiger partial charge in [0.05, 0.1) is 17.9 Å². The number of imidazole rings is 1. The lowest BCUT2D eigenvalue weighted by molar-refractivity contribution is -0.383. The maximum atomic E-state index is 11.0. The van der Waals surface area contributed by atoms with Crippen molar-refractivity contribution in [3.05, 3.63) is 28.7 Å². The van der Waals surface area contributed by atoms with Crippen LogP contribution in [-0.4, -0.2) is 59.2 Å². The fourth-order valence-electron chi connectivity index (χ4n) is 2.63. The van der Waals surface area contributed by atoms with Crippen LogP contribution in [0.25, 0.3) is 11.2 Å². The number of aliphatic hydroxyl groups is 3. The van der Waals surface area contributed by atoms with E-state index in [-0.39, 0.29) is 16.9 Å². The summed E-state index contributed by atoms with van der Waals surface area (Å²) in [5.41, 5.74) is -1.74. The Morgan fingerprint density at radius 2 is 2.27 bits per heavy atom. The minimum atomic E-state index is -1.71. The minimum absolute atomic E-state index is 0.0499. The van der Waals surface area contributed by atoms with Crippen LogP contribution in [0.3, 0.4) is 0 Å². The summed E-state index contributed by atoms with van der Waals surface area (Å²) in [5, 5.41) is 40.6. The van der Waals surface area contributed by atoms with Crippen LogP contribution in [0.5, 0.6) is 0 Å². The maximum Gasteiger partial charge on any atom is 0.300 e. The van der Waals surface area contributed by atoms with Gasteiger partial charge in [0.15, 0.2) is 17.4 Å². The summed E-state index contributed by atoms with van der Waals surface area (Å²) in [6.45, 7) is 0.870. The van der Waals surface area contributed by atoms with Gasteiger partial charge in [-0.1, -0.05) is 0 Å². The largest absolute Gasteiger partial charge is 0.394 e. The third-order valence-corrected chi connectivity index (χ3v) is 3.82. The van der Waals surface area contributed by atoms with E-state index >= 15 is 0 Å². The van der Waals surface area contributed by atoms with Gasteiger partial charge in [0.1, 0.15) is 17.8 Å². The van der Waals surface area contributed by atoms with Crippen molar-refractivity contribution in [3.8, 4) is 0 Å². The first-order valence-corrected chi connectivity index (χ1v) is 6.50. The molecule has 3 heterocycles. The first kappa shape index (κ1) is 14.8. The Balaban J connectivity index is 2.12. The van der Waals surface area contributed by atoms with Crippen LogP contribution >= 0.6 is 0 Å². The van der Waals surface area contributed by atoms with Crippen LogP contribution in [-0.2, 0) is 4.74 Å². The van der Waals surface area contributed by atoms with Crippen LogP contribution < -0.4 is 0 Å². The molecule has 10 heteroatoms. The molecule has 0 spiro atoms. The van der Waals surface area contributed by atoms with Crippen LogP contribution in [0.4, 0.5) is 5.69 Å². The van der Waals surface area contributed by atoms with E-state index in [9.17, 15) is 25.4 Å². The van der Waals surface area contributed by atoms with Crippen LogP contribution in [0.15, 0.2) is 18.6 Å². The number of hydrogen-bond acceptors (Lipinski definition) is 8. The second kappa shape index (κ2) is 4.95. The Morgan fingerprint density at radius 3 is 2.86 bits per heavy atom. The van der Waals surface area contributed by atoms with Crippen molar-refractivity contribution >= 4 is 16.9 Å². The SMILES string of the molecule is CC1(O)C(O)C(CO)OC1n1cnc2c([N+](=O)[O-])ccnc21. The smallest absolute Gasteiger partial charge is 0.300 e. The Labute approximate surface area is 123 Å². The molecule has 3 N–H and O–H groups in total. The number of nitro groups is 1. The van der Waals surface area contributed by atoms with Gasteiger partial charge in [-0.15, -0.1) is 0 Å². The summed E-state index contributed by atoms with van der Waals surface area (Å²) < 4.78 is 6.76. The molecule has 1 aliphatic rings. The lowest BCUT2D eigenvalue weighted by Crippen LogP contribution is -2.44. The van der Waals surface area contributed by atoms with E-state index in [1.807, 2.05) is 0 Å². The number of ether oxygens (including phenoxy) is 1. The van der Waals surface area contributed by atoms with Gasteiger partial charge < -0.3 is 20.1 Å². The molecule has 1 aliphatic heterocycles. The molecule has 1 fully saturated rings. The van der Waals surface area contributed by atoms with E-state index in [0.717, 1.165) is 0 Å². The van der Waals surface area contributed by atoms with Gasteiger partial charge in [-0.3, -0.25) is 14.7 Å². The van der Waals surface area contributed by atoms with Crippen molar-refractivity contribution in [2.45, 2.75) is 31.0 Å². The molecule has 4 unspecified atom stereocenters. The number of nitrogens with zero attached hydrogens (tertiary/aromatic N) is 4. The minimum Gasteiger partial charge on any atom is -0.394 e. The summed E-state index contributed by atoms with van der Waals surface area (Å²) in [6, 6.07) is 1.22. The Kier molecular flexibility index (Phi) is 3.33. The fourth-order valence-corrected chi connectivity index (χ4v) is 2.63. The molecule has 2 aromatic heterocycles. The van der Waals surface area contributed by atoms with Gasteiger partial charge in [-0.2, -0.15) is 0 Å². The average molecular weight is 310 g/mol. The van der Waals surface area contributed by atoms with Crippen molar-refractivity contribution < 1.29 is 25.0 Å². The Morgan fingerprint density at radius 1 is 1.55 bits per heavy atom. The molecule has 1 saturated heterocycles. The van der Waals surface area contributed by atoms with Gasteiger partial charge >= 0.3 is 0 Å². The highest BCUT2D eigenvalue weighted by Crippen LogP contribution is 2.39. The zero-order chi connectivity index (χ0) is 16.1. The molecule has 0 aliphatic carbocycles. The fraction of sp³-hybridized carbons (Fsp3) is 0.500. The van der Waals surface area contributed by atoms with Crippen LogP contribution in [0, 0.1) is 10.1 Å². The summed E-state index contributed by atoms with van der Waals surface area (Å²) in [6.07, 6.45) is -0.882. The highest BCUT2D eigenvalue weighted by Gasteiger charge is 2.53. The van der Waals surface area contributed by atoms with E-state index in [1.54, 1.807) is 0 Å². The predicted molar refractivity (Wildman–Crippen MR) is 71.8 cm³/mol. The Bertz CT molecular complexity index is 729. The quantitative estimate of drug-likeness (QED) is 0.500. The first-order valence-electron chi connectivity index (χ1n) is 6.50. The molecule has 0 bridgehead atoms. The number of aliphatic hydroxyl groups excluding tert-OH is 2. The molecule has 0 saturated carbocycles. The molecular formula is C12H14N4O6. The number of rotatable bonds is 3. The van der Waals surface area contributed by atoms with E-state index in [1.165, 1.54) is 30.1 Å². The number of fused-ring (bicyclic) bond motifs is 1. The summed E-state index contributed by atoms with van der Waals surface area (Å²) >= 11 is 0. The number of pyridine rings is 1. The first-order chi connectivity index (χ1) is 10.4. The molecule has 0 amide bonds. The van der Waals surface area contributed by atoms with E-state index in [0.29, 0.717) is 0 Å². The van der Waals surface area contributed by atoms with Crippen molar-refractivity contribution in [1.29, 1.82) is 0 Å². The highest BCUT2D eigenvalue weighted by molar-refractivity contribution is 5.81. The molecule has 118 valence electrons. The molecule has 10 nitrogen and oxygen atoms in total. The van der Waals surface area contributed by atoms with E-state index < -0.39 is 35.6 Å². The van der Waals surface area contributed by atoms with E-state index in [4.69, 9.17) is 4.74 Å². The second-order valence-electron chi connectivity index (χ2n) is 5.29. The standard InChI is InChI=1S/C12H14N4O6/c1-12(19)9(18)7(4-17)22-11(12)15-5-14-8-6(16(20)21)2-3-13-10(8)15/h2-3,5,7,9,11,17-19H,4H2,1H3. The van der Waals surface area contributed by atoms with Gasteiger partial charge in [-0.25, -0.2) is 9.97 Å². The summed E-state index contributed by atoms with van der Waals surface area (Å²) in [7, 11) is 0. The Hall–Kier alpha value is -2.14. The third kappa shape index (κ3) is 1.96. The zero-order valence-corrected chi connectivity index (χ0v) is 11.5. The highest BCUT2D eigenvalue weighted by atomic mass is 16.6. The second-order valence-corrected chi connectivity index (χ2v) is 5.29. The summed E-state index contributed by atoms with van der Waals surface area (Å²) in [4.78, 5) is 18.4. The lowest BCUT2D eigenvalue weighted by atomic mass is 9.96. The van der Waals surface area contributed by atoms with Gasteiger partial charge in [0.2, 0.25) is 0 Å². The van der Waals surface area contributed by atoms with Gasteiger partial charge in [0.25, 0.3) is 5.69 Å². The normalized spacial score (nSPS) is 31.7. The molecule has 3 rings (SSSR count). The number of aromatic nitrogens is 3. The van der Waals surface area contributed by atoms with Crippen molar-refractivity contribution in [2.24, 2.45) is 0 Å². The molecule has 0 radical (unpaired) electrons. The molecule has 22 heavy (non-hydrogen) atoms. The topological polar surface area (TPSA) is 144 Å². The number of hydrogen-bond donors (Lipinski definition) is 3. The van der Waals surface area contributed by atoms with Crippen LogP contribution in [0.2, 0.25) is 0 Å². The molecule has 2 aromatic rings. The average Bonchev–Trinajstić information content (AvgIpc) is 2.99. The van der Waals surface area contributed by atoms with E-state index in [2.05, 4.69) is 9.97 Å². The molecule has 0 aromatic carbocycles. The molecular weight excluding hydrogens is 296 g/mol. The van der Waals surface area contributed by atoms with Crippen molar-refractivity contribution in [1.82, 2.24) is 14.5 Å². The monoisotopic (exact) mass is 310 g/mol. The summed E-state index contributed by atoms with van der Waals surface area (Å²) in [5.74, 6) is 0. The zero-order valence-electron chi connectivity index (χ0n) is 11.5. The van der Waals surface area contributed by atoms with Crippen molar-refractivity contribution in [3.63, 3.8) is 0 Å². The third-order valence-electron chi connectivity index (χ3n) is 3.82. The van der Waals surface area contributed by atoms with Crippen LogP contribution in [0.1, 0.15) is 13.2 Å². The predicted octanol–water partition coefficient (Wildman–Crippen LogP) is -0.659. The maximum absolute atomic E-state index is 11.0. The van der Waals surface area contributed by atoms with Gasteiger partial charge in [0, 0.05) is 12.3 Å². The lowest BCUT2D eigenvalue weighted by Gasteiger charge is -2.27. The molecule has 4 atom stereocenters.